The molecule has 9 nitrogen and oxygen atoms in total. The van der Waals surface area contributed by atoms with Gasteiger partial charge in [-0.2, -0.15) is 0 Å². The number of phenols is 2. The molecule has 0 aliphatic carbocycles. The standard InChI is InChI=1S/C42H64F2N4O5/c43-33-15-17-39(49)37(31-33)41(51)45-23-11-7-3-1-5-9-13-25-47-27-19-35(20-28-47)53-36-21-29-48(30-22-36)26-14-10-6-2-4-8-12-24-46-42(52)38-32-34(44)16-18-40(38)50/h15-18,31-32,35-36,49-50H,1-14,19-30H2,(H,45,51)(H,46,52). The average Bonchev–Trinajstić information content (AvgIpc) is 3.16. The molecule has 2 aliphatic rings. The van der Waals surface area contributed by atoms with Crippen LogP contribution in [0.3, 0.4) is 0 Å². The summed E-state index contributed by atoms with van der Waals surface area (Å²) < 4.78 is 33.2. The SMILES string of the molecule is O=C(NCCCCCCCCCN1CCC(OC2CCN(CCCCCCCCCNC(=O)c3cc(F)ccc3O)CC2)CC1)c1cc(F)ccc1O. The van der Waals surface area contributed by atoms with Crippen LogP contribution >= 0.6 is 0 Å². The van der Waals surface area contributed by atoms with E-state index in [2.05, 4.69) is 20.4 Å². The van der Waals surface area contributed by atoms with E-state index in [-0.39, 0.29) is 22.6 Å². The third-order valence-electron chi connectivity index (χ3n) is 10.7. The number of halogens is 2. The van der Waals surface area contributed by atoms with Crippen LogP contribution in [-0.2, 0) is 4.74 Å². The van der Waals surface area contributed by atoms with Gasteiger partial charge in [-0.15, -0.1) is 0 Å². The summed E-state index contributed by atoms with van der Waals surface area (Å²) in [5.74, 6) is -2.34. The number of nitrogens with zero attached hydrogens (tertiary/aromatic N) is 2. The Morgan fingerprint density at radius 3 is 1.28 bits per heavy atom. The predicted molar refractivity (Wildman–Crippen MR) is 205 cm³/mol. The molecule has 2 aromatic carbocycles. The molecule has 0 unspecified atom stereocenters. The van der Waals surface area contributed by atoms with Gasteiger partial charge in [-0.05, 0) is 101 Å². The Hall–Kier alpha value is -3.28. The van der Waals surface area contributed by atoms with E-state index >= 15 is 0 Å². The van der Waals surface area contributed by atoms with Crippen molar-refractivity contribution in [2.45, 2.75) is 128 Å². The van der Waals surface area contributed by atoms with Crippen molar-refractivity contribution in [3.63, 3.8) is 0 Å². The monoisotopic (exact) mass is 742 g/mol. The Labute approximate surface area is 315 Å². The number of hydrogen-bond acceptors (Lipinski definition) is 7. The van der Waals surface area contributed by atoms with Gasteiger partial charge in [0.2, 0.25) is 0 Å². The highest BCUT2D eigenvalue weighted by Gasteiger charge is 2.25. The second-order valence-corrected chi connectivity index (χ2v) is 15.0. The third kappa shape index (κ3) is 16.3. The van der Waals surface area contributed by atoms with Crippen LogP contribution in [-0.4, -0.2) is 96.4 Å². The number of nitrogens with one attached hydrogen (secondary N) is 2. The molecule has 4 rings (SSSR count). The fourth-order valence-electron chi connectivity index (χ4n) is 7.47. The van der Waals surface area contributed by atoms with Gasteiger partial charge in [0, 0.05) is 39.3 Å². The minimum absolute atomic E-state index is 0.0176. The zero-order valence-corrected chi connectivity index (χ0v) is 31.8. The van der Waals surface area contributed by atoms with Crippen LogP contribution in [0, 0.1) is 11.6 Å². The molecule has 2 amide bonds. The second kappa shape index (κ2) is 24.2. The van der Waals surface area contributed by atoms with Gasteiger partial charge >= 0.3 is 0 Å². The molecule has 0 bridgehead atoms. The van der Waals surface area contributed by atoms with Crippen molar-refractivity contribution in [3.05, 3.63) is 59.2 Å². The molecular formula is C42H64F2N4O5. The summed E-state index contributed by atoms with van der Waals surface area (Å²) in [5.41, 5.74) is -0.0352. The first-order chi connectivity index (χ1) is 25.8. The smallest absolute Gasteiger partial charge is 0.255 e. The average molecular weight is 743 g/mol. The van der Waals surface area contributed by atoms with Gasteiger partial charge in [0.05, 0.1) is 23.3 Å². The van der Waals surface area contributed by atoms with E-state index in [1.165, 1.54) is 76.6 Å². The topological polar surface area (TPSA) is 114 Å². The number of amides is 2. The van der Waals surface area contributed by atoms with Crippen molar-refractivity contribution in [2.75, 3.05) is 52.4 Å². The Morgan fingerprint density at radius 1 is 0.566 bits per heavy atom. The highest BCUT2D eigenvalue weighted by atomic mass is 19.1. The molecule has 2 fully saturated rings. The molecule has 4 N–H and O–H groups in total. The maximum absolute atomic E-state index is 13.3. The van der Waals surface area contributed by atoms with Gasteiger partial charge in [-0.25, -0.2) is 8.78 Å². The largest absolute Gasteiger partial charge is 0.507 e. The van der Waals surface area contributed by atoms with Crippen LogP contribution in [0.2, 0.25) is 0 Å². The minimum Gasteiger partial charge on any atom is -0.507 e. The molecule has 0 radical (unpaired) electrons. The maximum atomic E-state index is 13.3. The van der Waals surface area contributed by atoms with E-state index in [9.17, 15) is 28.6 Å². The lowest BCUT2D eigenvalue weighted by molar-refractivity contribution is -0.0650. The summed E-state index contributed by atoms with van der Waals surface area (Å²) in [5, 5.41) is 25.0. The number of benzene rings is 2. The lowest BCUT2D eigenvalue weighted by Crippen LogP contribution is -2.42. The molecule has 2 saturated heterocycles. The zero-order valence-electron chi connectivity index (χ0n) is 31.8. The molecule has 53 heavy (non-hydrogen) atoms. The Balaban J connectivity index is 0.888. The predicted octanol–water partition coefficient (Wildman–Crippen LogP) is 7.94. The van der Waals surface area contributed by atoms with E-state index < -0.39 is 23.4 Å². The lowest BCUT2D eigenvalue weighted by atomic mass is 10.0. The normalized spacial score (nSPS) is 16.2. The third-order valence-corrected chi connectivity index (χ3v) is 10.7. The molecular weight excluding hydrogens is 678 g/mol. The molecule has 2 aromatic rings. The summed E-state index contributed by atoms with van der Waals surface area (Å²) in [6, 6.07) is 6.80. The van der Waals surface area contributed by atoms with E-state index in [0.29, 0.717) is 25.3 Å². The number of rotatable bonds is 24. The van der Waals surface area contributed by atoms with Crippen LogP contribution in [0.1, 0.15) is 136 Å². The highest BCUT2D eigenvalue weighted by Crippen LogP contribution is 2.23. The maximum Gasteiger partial charge on any atom is 0.255 e. The first-order valence-corrected chi connectivity index (χ1v) is 20.4. The molecule has 0 aromatic heterocycles. The molecule has 0 spiro atoms. The fourth-order valence-corrected chi connectivity index (χ4v) is 7.47. The number of ether oxygens (including phenoxy) is 1. The molecule has 2 aliphatic heterocycles. The molecule has 11 heteroatoms. The number of hydrogen-bond donors (Lipinski definition) is 4. The van der Waals surface area contributed by atoms with Crippen molar-refractivity contribution in [3.8, 4) is 11.5 Å². The van der Waals surface area contributed by atoms with Crippen molar-refractivity contribution < 1.29 is 33.3 Å². The first kappa shape index (κ1) is 42.5. The number of aromatic hydroxyl groups is 2. The quantitative estimate of drug-likeness (QED) is 0.0808. The van der Waals surface area contributed by atoms with E-state index in [1.807, 2.05) is 0 Å². The summed E-state index contributed by atoms with van der Waals surface area (Å²) in [6.07, 6.45) is 21.4. The Bertz CT molecular complexity index is 1260. The van der Waals surface area contributed by atoms with Gasteiger partial charge in [0.25, 0.3) is 11.8 Å². The molecule has 0 atom stereocenters. The van der Waals surface area contributed by atoms with E-state index in [1.54, 1.807) is 0 Å². The number of likely N-dealkylation sites (tertiary alicyclic amines) is 2. The van der Waals surface area contributed by atoms with Gasteiger partial charge in [0.15, 0.2) is 0 Å². The minimum atomic E-state index is -0.535. The van der Waals surface area contributed by atoms with Crippen molar-refractivity contribution in [1.29, 1.82) is 0 Å². The van der Waals surface area contributed by atoms with Crippen LogP contribution in [0.25, 0.3) is 0 Å². The molecule has 296 valence electrons. The van der Waals surface area contributed by atoms with Crippen molar-refractivity contribution in [2.24, 2.45) is 0 Å². The number of carbonyl (C=O) groups is 2. The number of unbranched alkanes of at least 4 members (excludes halogenated alkanes) is 12. The molecule has 2 heterocycles. The summed E-state index contributed by atoms with van der Waals surface area (Å²) >= 11 is 0. The van der Waals surface area contributed by atoms with Gasteiger partial charge in [-0.3, -0.25) is 9.59 Å². The highest BCUT2D eigenvalue weighted by molar-refractivity contribution is 5.97. The number of piperidine rings is 2. The van der Waals surface area contributed by atoms with Crippen LogP contribution in [0.5, 0.6) is 11.5 Å². The van der Waals surface area contributed by atoms with Gasteiger partial charge in [-0.1, -0.05) is 64.2 Å². The van der Waals surface area contributed by atoms with Gasteiger partial charge in [0.1, 0.15) is 23.1 Å². The fraction of sp³-hybridized carbons (Fsp3) is 0.667. The number of carbonyl (C=O) groups excluding carboxylic acids is 2. The van der Waals surface area contributed by atoms with Crippen LogP contribution < -0.4 is 10.6 Å². The summed E-state index contributed by atoms with van der Waals surface area (Å²) in [6.45, 7) is 7.97. The van der Waals surface area contributed by atoms with Crippen LogP contribution in [0.15, 0.2) is 36.4 Å². The molecule has 0 saturated carbocycles. The van der Waals surface area contributed by atoms with Gasteiger partial charge < -0.3 is 35.4 Å². The second-order valence-electron chi connectivity index (χ2n) is 15.0. The van der Waals surface area contributed by atoms with E-state index in [4.69, 9.17) is 4.74 Å². The summed E-state index contributed by atoms with van der Waals surface area (Å²) in [4.78, 5) is 29.5. The zero-order chi connectivity index (χ0) is 37.7. The first-order valence-electron chi connectivity index (χ1n) is 20.4. The Morgan fingerprint density at radius 2 is 0.906 bits per heavy atom. The van der Waals surface area contributed by atoms with Crippen LogP contribution in [0.4, 0.5) is 8.78 Å². The van der Waals surface area contributed by atoms with E-state index in [0.717, 1.165) is 115 Å². The van der Waals surface area contributed by atoms with Crippen molar-refractivity contribution >= 4 is 11.8 Å². The number of phenolic OH excluding ortho intramolecular Hbond substituents is 2. The lowest BCUT2D eigenvalue weighted by Gasteiger charge is -2.37. The summed E-state index contributed by atoms with van der Waals surface area (Å²) in [7, 11) is 0. The van der Waals surface area contributed by atoms with Crippen molar-refractivity contribution in [1.82, 2.24) is 20.4 Å². The Kier molecular flexibility index (Phi) is 19.4.